The van der Waals surface area contributed by atoms with Crippen LogP contribution in [0.1, 0.15) is 11.1 Å². The molecule has 0 spiro atoms. The summed E-state index contributed by atoms with van der Waals surface area (Å²) >= 11 is 6.11. The van der Waals surface area contributed by atoms with E-state index in [1.54, 1.807) is 10.7 Å². The van der Waals surface area contributed by atoms with Crippen molar-refractivity contribution in [3.63, 3.8) is 0 Å². The standard InChI is InChI=1S/C19H18ClN3O.CH3NO/c1-13-7-15(16-11-21-23(2)12-16)9-17(8-13)22-19(24)10-14-5-3-4-6-18(14)20;2-1-3/h3-9,11-12H,10H2,1-2H3,(H,22,24);1H,(H2,2,3). The molecule has 0 aliphatic rings. The molecule has 7 heteroatoms. The van der Waals surface area contributed by atoms with Crippen LogP contribution in [0.3, 0.4) is 0 Å². The molecule has 2 amide bonds. The van der Waals surface area contributed by atoms with Crippen LogP contribution >= 0.6 is 11.6 Å². The van der Waals surface area contributed by atoms with E-state index in [4.69, 9.17) is 16.4 Å². The van der Waals surface area contributed by atoms with E-state index in [0.29, 0.717) is 5.02 Å². The Morgan fingerprint density at radius 1 is 1.26 bits per heavy atom. The molecule has 0 bridgehead atoms. The summed E-state index contributed by atoms with van der Waals surface area (Å²) in [6.07, 6.45) is 4.25. The van der Waals surface area contributed by atoms with Crippen molar-refractivity contribution in [2.45, 2.75) is 13.3 Å². The summed E-state index contributed by atoms with van der Waals surface area (Å²) in [5, 5.41) is 7.75. The quantitative estimate of drug-likeness (QED) is 0.676. The van der Waals surface area contributed by atoms with Crippen LogP contribution < -0.4 is 11.1 Å². The number of aryl methyl sites for hydroxylation is 2. The van der Waals surface area contributed by atoms with Crippen molar-refractivity contribution in [2.75, 3.05) is 5.32 Å². The van der Waals surface area contributed by atoms with E-state index in [-0.39, 0.29) is 18.7 Å². The summed E-state index contributed by atoms with van der Waals surface area (Å²) < 4.78 is 1.76. The number of nitrogens with two attached hydrogens (primary N) is 1. The number of carbonyl (C=O) groups is 2. The molecule has 3 N–H and O–H groups in total. The van der Waals surface area contributed by atoms with Crippen LogP contribution in [0.5, 0.6) is 0 Å². The normalized spacial score (nSPS) is 9.89. The number of halogens is 1. The molecule has 140 valence electrons. The summed E-state index contributed by atoms with van der Waals surface area (Å²) in [5.41, 5.74) is 8.87. The van der Waals surface area contributed by atoms with Gasteiger partial charge in [0, 0.05) is 29.5 Å². The third kappa shape index (κ3) is 5.97. The van der Waals surface area contributed by atoms with Crippen molar-refractivity contribution in [1.82, 2.24) is 9.78 Å². The van der Waals surface area contributed by atoms with Gasteiger partial charge in [0.15, 0.2) is 0 Å². The molecule has 6 nitrogen and oxygen atoms in total. The average Bonchev–Trinajstić information content (AvgIpc) is 3.04. The number of primary amides is 1. The lowest BCUT2D eigenvalue weighted by Gasteiger charge is -2.09. The minimum absolute atomic E-state index is 0.0918. The Balaban J connectivity index is 0.000000817. The molecule has 1 heterocycles. The van der Waals surface area contributed by atoms with Crippen LogP contribution in [-0.2, 0) is 23.1 Å². The van der Waals surface area contributed by atoms with Gasteiger partial charge in [0.1, 0.15) is 0 Å². The molecule has 0 atom stereocenters. The maximum atomic E-state index is 12.3. The molecule has 3 aromatic rings. The van der Waals surface area contributed by atoms with Crippen LogP contribution in [0.2, 0.25) is 5.02 Å². The van der Waals surface area contributed by atoms with E-state index in [1.807, 2.05) is 56.7 Å². The molecule has 0 aliphatic carbocycles. The molecule has 0 fully saturated rings. The van der Waals surface area contributed by atoms with Gasteiger partial charge in [-0.25, -0.2) is 0 Å². The lowest BCUT2D eigenvalue weighted by atomic mass is 10.1. The van der Waals surface area contributed by atoms with Gasteiger partial charge in [0.2, 0.25) is 12.3 Å². The lowest BCUT2D eigenvalue weighted by molar-refractivity contribution is -0.115. The lowest BCUT2D eigenvalue weighted by Crippen LogP contribution is -2.14. The summed E-state index contributed by atoms with van der Waals surface area (Å²) in [6.45, 7) is 2.00. The number of aromatic nitrogens is 2. The number of rotatable bonds is 4. The van der Waals surface area contributed by atoms with E-state index in [1.165, 1.54) is 0 Å². The molecular weight excluding hydrogens is 364 g/mol. The summed E-state index contributed by atoms with van der Waals surface area (Å²) in [4.78, 5) is 20.9. The van der Waals surface area contributed by atoms with Crippen molar-refractivity contribution in [1.29, 1.82) is 0 Å². The summed E-state index contributed by atoms with van der Waals surface area (Å²) in [5.74, 6) is -0.0918. The zero-order valence-electron chi connectivity index (χ0n) is 15.1. The van der Waals surface area contributed by atoms with Crippen molar-refractivity contribution < 1.29 is 9.59 Å². The zero-order chi connectivity index (χ0) is 19.8. The molecule has 3 rings (SSSR count). The Kier molecular flexibility index (Phi) is 7.14. The number of carbonyl (C=O) groups excluding carboxylic acids is 2. The molecule has 0 aliphatic heterocycles. The Labute approximate surface area is 162 Å². The number of anilines is 1. The van der Waals surface area contributed by atoms with E-state index >= 15 is 0 Å². The minimum atomic E-state index is -0.0918. The first-order valence-electron chi connectivity index (χ1n) is 8.22. The van der Waals surface area contributed by atoms with Gasteiger partial charge in [-0.2, -0.15) is 5.10 Å². The highest BCUT2D eigenvalue weighted by Crippen LogP contribution is 2.24. The molecule has 27 heavy (non-hydrogen) atoms. The monoisotopic (exact) mass is 384 g/mol. The van der Waals surface area contributed by atoms with Crippen LogP contribution in [0, 0.1) is 6.92 Å². The average molecular weight is 385 g/mol. The number of nitrogens with zero attached hydrogens (tertiary/aromatic N) is 2. The van der Waals surface area contributed by atoms with Crippen molar-refractivity contribution in [3.8, 4) is 11.1 Å². The number of hydrogen-bond donors (Lipinski definition) is 2. The van der Waals surface area contributed by atoms with Crippen LogP contribution in [0.4, 0.5) is 5.69 Å². The third-order valence-corrected chi connectivity index (χ3v) is 4.08. The van der Waals surface area contributed by atoms with Gasteiger partial charge < -0.3 is 11.1 Å². The topological polar surface area (TPSA) is 90.0 Å². The molecule has 0 saturated heterocycles. The van der Waals surface area contributed by atoms with Crippen LogP contribution in [0.25, 0.3) is 11.1 Å². The maximum absolute atomic E-state index is 12.3. The molecule has 2 aromatic carbocycles. The SMILES string of the molecule is Cc1cc(NC(=O)Cc2ccccc2Cl)cc(-c2cnn(C)c2)c1.NC=O. The second-order valence-corrected chi connectivity index (χ2v) is 6.35. The first-order chi connectivity index (χ1) is 12.9. The number of amides is 2. The van der Waals surface area contributed by atoms with Gasteiger partial charge in [-0.05, 0) is 41.8 Å². The second-order valence-electron chi connectivity index (χ2n) is 5.94. The third-order valence-electron chi connectivity index (χ3n) is 3.71. The van der Waals surface area contributed by atoms with Gasteiger partial charge in [-0.15, -0.1) is 0 Å². The second kappa shape index (κ2) is 9.54. The highest BCUT2D eigenvalue weighted by Gasteiger charge is 2.09. The largest absolute Gasteiger partial charge is 0.372 e. The highest BCUT2D eigenvalue weighted by atomic mass is 35.5. The van der Waals surface area contributed by atoms with E-state index in [0.717, 1.165) is 27.9 Å². The van der Waals surface area contributed by atoms with Gasteiger partial charge >= 0.3 is 0 Å². The minimum Gasteiger partial charge on any atom is -0.372 e. The Morgan fingerprint density at radius 3 is 2.59 bits per heavy atom. The van der Waals surface area contributed by atoms with Crippen LogP contribution in [-0.4, -0.2) is 22.1 Å². The summed E-state index contributed by atoms with van der Waals surface area (Å²) in [7, 11) is 1.88. The first-order valence-corrected chi connectivity index (χ1v) is 8.60. The van der Waals surface area contributed by atoms with Crippen LogP contribution in [0.15, 0.2) is 54.9 Å². The Morgan fingerprint density at radius 2 is 1.96 bits per heavy atom. The maximum Gasteiger partial charge on any atom is 0.228 e. The molecule has 0 saturated carbocycles. The van der Waals surface area contributed by atoms with E-state index < -0.39 is 0 Å². The molecule has 0 radical (unpaired) electrons. The smallest absolute Gasteiger partial charge is 0.228 e. The van der Waals surface area contributed by atoms with E-state index in [9.17, 15) is 4.79 Å². The van der Waals surface area contributed by atoms with Crippen molar-refractivity contribution >= 4 is 29.6 Å². The Bertz CT molecular complexity index is 937. The predicted octanol–water partition coefficient (Wildman–Crippen LogP) is 3.33. The fraction of sp³-hybridized carbons (Fsp3) is 0.150. The molecular formula is C20H21ClN4O2. The predicted molar refractivity (Wildman–Crippen MR) is 107 cm³/mol. The molecule has 1 aromatic heterocycles. The van der Waals surface area contributed by atoms with Gasteiger partial charge in [0.25, 0.3) is 0 Å². The number of benzene rings is 2. The summed E-state index contributed by atoms with van der Waals surface area (Å²) in [6, 6.07) is 13.3. The van der Waals surface area contributed by atoms with Crippen molar-refractivity contribution in [2.24, 2.45) is 12.8 Å². The first kappa shape index (κ1) is 20.2. The zero-order valence-corrected chi connectivity index (χ0v) is 15.9. The molecule has 0 unspecified atom stereocenters. The fourth-order valence-corrected chi connectivity index (χ4v) is 2.81. The van der Waals surface area contributed by atoms with Gasteiger partial charge in [-0.3, -0.25) is 14.3 Å². The highest BCUT2D eigenvalue weighted by molar-refractivity contribution is 6.31. The number of hydrogen-bond acceptors (Lipinski definition) is 3. The van der Waals surface area contributed by atoms with Gasteiger partial charge in [-0.1, -0.05) is 35.9 Å². The fourth-order valence-electron chi connectivity index (χ4n) is 2.61. The van der Waals surface area contributed by atoms with Crippen molar-refractivity contribution in [3.05, 3.63) is 71.0 Å². The Hall–Kier alpha value is -3.12. The number of nitrogens with one attached hydrogen (secondary N) is 1. The van der Waals surface area contributed by atoms with E-state index in [2.05, 4.69) is 22.2 Å². The van der Waals surface area contributed by atoms with Gasteiger partial charge in [0.05, 0.1) is 12.6 Å².